The molecule has 0 aliphatic carbocycles. The van der Waals surface area contributed by atoms with Gasteiger partial charge in [0.1, 0.15) is 5.76 Å². The van der Waals surface area contributed by atoms with Gasteiger partial charge in [0.05, 0.1) is 18.5 Å². The van der Waals surface area contributed by atoms with Crippen LogP contribution in [-0.4, -0.2) is 49.6 Å². The number of aliphatic hydroxyl groups excluding tert-OH is 1. The lowest BCUT2D eigenvalue weighted by Gasteiger charge is -2.21. The molecule has 1 aliphatic heterocycles. The largest absolute Gasteiger partial charge is 0.448 e. The quantitative estimate of drug-likeness (QED) is 0.892. The third kappa shape index (κ3) is 2.69. The maximum Gasteiger partial charge on any atom is 0.276 e. The molecule has 7 nitrogen and oxygen atoms in total. The number of carbonyl (C=O) groups excluding carboxylic acids is 1. The average Bonchev–Trinajstić information content (AvgIpc) is 3.09. The van der Waals surface area contributed by atoms with Crippen LogP contribution in [0.2, 0.25) is 0 Å². The molecule has 3 heterocycles. The van der Waals surface area contributed by atoms with E-state index in [1.807, 2.05) is 10.8 Å². The second kappa shape index (κ2) is 5.69. The Labute approximate surface area is 122 Å². The van der Waals surface area contributed by atoms with Crippen LogP contribution in [0.1, 0.15) is 35.1 Å². The van der Waals surface area contributed by atoms with Crippen molar-refractivity contribution in [3.8, 4) is 0 Å². The minimum Gasteiger partial charge on any atom is -0.448 e. The fourth-order valence-electron chi connectivity index (χ4n) is 2.75. The van der Waals surface area contributed by atoms with Crippen LogP contribution in [0, 0.1) is 6.92 Å². The number of oxazole rings is 1. The molecule has 0 aromatic carbocycles. The van der Waals surface area contributed by atoms with Gasteiger partial charge in [-0.25, -0.2) is 9.97 Å². The number of amides is 1. The molecule has 1 N–H and O–H groups in total. The van der Waals surface area contributed by atoms with Crippen LogP contribution in [0.15, 0.2) is 29.5 Å². The molecule has 7 heteroatoms. The summed E-state index contributed by atoms with van der Waals surface area (Å²) >= 11 is 0. The van der Waals surface area contributed by atoms with Gasteiger partial charge in [0.2, 0.25) is 0 Å². The van der Waals surface area contributed by atoms with E-state index in [9.17, 15) is 9.90 Å². The van der Waals surface area contributed by atoms with Gasteiger partial charge in [0, 0.05) is 25.5 Å². The smallest absolute Gasteiger partial charge is 0.276 e. The molecule has 0 spiro atoms. The first kappa shape index (κ1) is 13.8. The molecule has 0 radical (unpaired) electrons. The molecule has 21 heavy (non-hydrogen) atoms. The molecular formula is C14H18N4O3. The standard InChI is InChI=1S/C14H18N4O3/c1-10-13(16-9-21-10)14(20)17-5-2-11(12(19)3-6-17)18-7-4-15-8-18/h4,7-9,11-12,19H,2-3,5-6H2,1H3/t11-,12-/m0/s1. The molecular weight excluding hydrogens is 272 g/mol. The molecule has 1 aliphatic rings. The maximum absolute atomic E-state index is 12.4. The maximum atomic E-state index is 12.4. The minimum atomic E-state index is -0.490. The van der Waals surface area contributed by atoms with Crippen LogP contribution >= 0.6 is 0 Å². The van der Waals surface area contributed by atoms with Crippen molar-refractivity contribution in [1.29, 1.82) is 0 Å². The van der Waals surface area contributed by atoms with Crippen molar-refractivity contribution in [3.05, 3.63) is 36.6 Å². The molecule has 112 valence electrons. The summed E-state index contributed by atoms with van der Waals surface area (Å²) in [6, 6.07) is -0.0521. The van der Waals surface area contributed by atoms with Crippen molar-refractivity contribution < 1.29 is 14.3 Å². The first-order valence-electron chi connectivity index (χ1n) is 7.01. The average molecular weight is 290 g/mol. The fourth-order valence-corrected chi connectivity index (χ4v) is 2.75. The zero-order valence-corrected chi connectivity index (χ0v) is 11.8. The third-order valence-electron chi connectivity index (χ3n) is 3.98. The third-order valence-corrected chi connectivity index (χ3v) is 3.98. The van der Waals surface area contributed by atoms with E-state index in [2.05, 4.69) is 9.97 Å². The number of rotatable bonds is 2. The van der Waals surface area contributed by atoms with Crippen LogP contribution in [-0.2, 0) is 0 Å². The number of aromatic nitrogens is 3. The van der Waals surface area contributed by atoms with E-state index < -0.39 is 6.10 Å². The van der Waals surface area contributed by atoms with Gasteiger partial charge in [-0.2, -0.15) is 0 Å². The second-order valence-corrected chi connectivity index (χ2v) is 5.27. The van der Waals surface area contributed by atoms with Crippen molar-refractivity contribution in [2.24, 2.45) is 0 Å². The number of aliphatic hydroxyl groups is 1. The highest BCUT2D eigenvalue weighted by Gasteiger charge is 2.29. The van der Waals surface area contributed by atoms with Gasteiger partial charge >= 0.3 is 0 Å². The molecule has 0 bridgehead atoms. The normalized spacial score (nSPS) is 23.0. The Bertz CT molecular complexity index is 608. The van der Waals surface area contributed by atoms with Crippen LogP contribution in [0.25, 0.3) is 0 Å². The summed E-state index contributed by atoms with van der Waals surface area (Å²) in [5.74, 6) is 0.385. The predicted molar refractivity (Wildman–Crippen MR) is 73.6 cm³/mol. The molecule has 2 aromatic rings. The monoisotopic (exact) mass is 290 g/mol. The molecule has 1 saturated heterocycles. The number of hydrogen-bond donors (Lipinski definition) is 1. The zero-order valence-electron chi connectivity index (χ0n) is 11.8. The topological polar surface area (TPSA) is 84.4 Å². The lowest BCUT2D eigenvalue weighted by Crippen LogP contribution is -2.32. The van der Waals surface area contributed by atoms with Gasteiger partial charge in [0.25, 0.3) is 5.91 Å². The van der Waals surface area contributed by atoms with E-state index in [0.717, 1.165) is 0 Å². The summed E-state index contributed by atoms with van der Waals surface area (Å²) in [7, 11) is 0. The summed E-state index contributed by atoms with van der Waals surface area (Å²) in [6.07, 6.45) is 7.24. The highest BCUT2D eigenvalue weighted by atomic mass is 16.3. The number of carbonyl (C=O) groups is 1. The van der Waals surface area contributed by atoms with E-state index in [1.54, 1.807) is 24.3 Å². The summed E-state index contributed by atoms with van der Waals surface area (Å²) in [6.45, 7) is 2.81. The van der Waals surface area contributed by atoms with Crippen LogP contribution in [0.3, 0.4) is 0 Å². The number of aryl methyl sites for hydroxylation is 1. The lowest BCUT2D eigenvalue weighted by molar-refractivity contribution is 0.0744. The van der Waals surface area contributed by atoms with Gasteiger partial charge in [-0.3, -0.25) is 4.79 Å². The summed E-state index contributed by atoms with van der Waals surface area (Å²) in [5, 5.41) is 10.3. The summed E-state index contributed by atoms with van der Waals surface area (Å²) in [4.78, 5) is 22.2. The van der Waals surface area contributed by atoms with Crippen molar-refractivity contribution >= 4 is 5.91 Å². The Morgan fingerprint density at radius 3 is 2.90 bits per heavy atom. The minimum absolute atomic E-state index is 0.0521. The van der Waals surface area contributed by atoms with E-state index in [0.29, 0.717) is 37.4 Å². The Morgan fingerprint density at radius 2 is 2.24 bits per heavy atom. The number of imidazole rings is 1. The van der Waals surface area contributed by atoms with Gasteiger partial charge < -0.3 is 19.0 Å². The first-order chi connectivity index (χ1) is 10.2. The highest BCUT2D eigenvalue weighted by molar-refractivity contribution is 5.93. The van der Waals surface area contributed by atoms with Gasteiger partial charge in [-0.1, -0.05) is 0 Å². The van der Waals surface area contributed by atoms with E-state index in [-0.39, 0.29) is 11.9 Å². The van der Waals surface area contributed by atoms with Crippen LogP contribution in [0.5, 0.6) is 0 Å². The molecule has 2 aromatic heterocycles. The summed E-state index contributed by atoms with van der Waals surface area (Å²) in [5.41, 5.74) is 0.352. The van der Waals surface area contributed by atoms with Crippen molar-refractivity contribution in [3.63, 3.8) is 0 Å². The highest BCUT2D eigenvalue weighted by Crippen LogP contribution is 2.24. The Kier molecular flexibility index (Phi) is 3.74. The van der Waals surface area contributed by atoms with E-state index >= 15 is 0 Å². The number of hydrogen-bond acceptors (Lipinski definition) is 5. The Hall–Kier alpha value is -2.15. The fraction of sp³-hybridized carbons (Fsp3) is 0.500. The molecule has 1 fully saturated rings. The molecule has 3 rings (SSSR count). The van der Waals surface area contributed by atoms with Crippen LogP contribution in [0.4, 0.5) is 0 Å². The summed E-state index contributed by atoms with van der Waals surface area (Å²) < 4.78 is 6.99. The molecule has 0 saturated carbocycles. The zero-order chi connectivity index (χ0) is 14.8. The lowest BCUT2D eigenvalue weighted by atomic mass is 10.1. The SMILES string of the molecule is Cc1ocnc1C(=O)N1CC[C@H](O)[C@@H](n2ccnc2)CC1. The second-order valence-electron chi connectivity index (χ2n) is 5.27. The number of likely N-dealkylation sites (tertiary alicyclic amines) is 1. The van der Waals surface area contributed by atoms with Gasteiger partial charge in [0.15, 0.2) is 12.1 Å². The van der Waals surface area contributed by atoms with Crippen molar-refractivity contribution in [2.45, 2.75) is 31.9 Å². The van der Waals surface area contributed by atoms with Crippen LogP contribution < -0.4 is 0 Å². The predicted octanol–water partition coefficient (Wildman–Crippen LogP) is 1.02. The van der Waals surface area contributed by atoms with Crippen molar-refractivity contribution in [2.75, 3.05) is 13.1 Å². The Morgan fingerprint density at radius 1 is 1.43 bits per heavy atom. The molecule has 2 atom stereocenters. The van der Waals surface area contributed by atoms with E-state index in [4.69, 9.17) is 4.42 Å². The Balaban J connectivity index is 1.73. The van der Waals surface area contributed by atoms with Crippen molar-refractivity contribution in [1.82, 2.24) is 19.4 Å². The first-order valence-corrected chi connectivity index (χ1v) is 7.01. The number of nitrogens with zero attached hydrogens (tertiary/aromatic N) is 4. The molecule has 0 unspecified atom stereocenters. The van der Waals surface area contributed by atoms with E-state index in [1.165, 1.54) is 6.39 Å². The molecule has 1 amide bonds. The van der Waals surface area contributed by atoms with Gasteiger partial charge in [-0.15, -0.1) is 0 Å². The van der Waals surface area contributed by atoms with Gasteiger partial charge in [-0.05, 0) is 19.8 Å².